The second-order valence-corrected chi connectivity index (χ2v) is 5.50. The zero-order valence-electron chi connectivity index (χ0n) is 11.3. The summed E-state index contributed by atoms with van der Waals surface area (Å²) in [6.07, 6.45) is 3.29. The number of benzene rings is 2. The van der Waals surface area contributed by atoms with Crippen LogP contribution in [0.25, 0.3) is 0 Å². The molecule has 0 saturated heterocycles. The van der Waals surface area contributed by atoms with Crippen molar-refractivity contribution in [3.63, 3.8) is 0 Å². The van der Waals surface area contributed by atoms with E-state index in [0.717, 1.165) is 19.3 Å². The summed E-state index contributed by atoms with van der Waals surface area (Å²) in [6.45, 7) is 0. The van der Waals surface area contributed by atoms with Gasteiger partial charge in [0.2, 0.25) is 0 Å². The molecule has 2 aromatic carbocycles. The second kappa shape index (κ2) is 5.59. The standard InChI is InChI=1S/C17H13ClN2O/c18-15-8-11(10-19)4-7-16(15)20-17(21)14-6-5-12-2-1-3-13(12)9-14/h4-9H,1-3H2,(H,20,21). The lowest BCUT2D eigenvalue weighted by molar-refractivity contribution is 0.102. The van der Waals surface area contributed by atoms with Gasteiger partial charge in [-0.2, -0.15) is 5.26 Å². The van der Waals surface area contributed by atoms with E-state index >= 15 is 0 Å². The van der Waals surface area contributed by atoms with Crippen LogP contribution in [0.4, 0.5) is 5.69 Å². The highest BCUT2D eigenvalue weighted by molar-refractivity contribution is 6.34. The molecule has 1 aliphatic rings. The van der Waals surface area contributed by atoms with Gasteiger partial charge in [-0.15, -0.1) is 0 Å². The Kier molecular flexibility index (Phi) is 3.64. The van der Waals surface area contributed by atoms with Crippen LogP contribution >= 0.6 is 11.6 Å². The summed E-state index contributed by atoms with van der Waals surface area (Å²) in [6, 6.07) is 12.7. The molecule has 0 unspecified atom stereocenters. The van der Waals surface area contributed by atoms with Crippen molar-refractivity contribution in [2.45, 2.75) is 19.3 Å². The number of amides is 1. The molecule has 21 heavy (non-hydrogen) atoms. The number of halogens is 1. The molecule has 104 valence electrons. The lowest BCUT2D eigenvalue weighted by Crippen LogP contribution is -2.12. The number of nitriles is 1. The summed E-state index contributed by atoms with van der Waals surface area (Å²) in [5.74, 6) is -0.184. The molecule has 4 heteroatoms. The van der Waals surface area contributed by atoms with E-state index in [4.69, 9.17) is 16.9 Å². The highest BCUT2D eigenvalue weighted by Gasteiger charge is 2.14. The predicted octanol–water partition coefficient (Wildman–Crippen LogP) is 3.95. The molecular weight excluding hydrogens is 284 g/mol. The van der Waals surface area contributed by atoms with Crippen molar-refractivity contribution in [2.75, 3.05) is 5.32 Å². The molecule has 0 aliphatic heterocycles. The Morgan fingerprint density at radius 3 is 2.71 bits per heavy atom. The molecule has 3 nitrogen and oxygen atoms in total. The lowest BCUT2D eigenvalue weighted by atomic mass is 10.1. The molecule has 1 amide bonds. The van der Waals surface area contributed by atoms with Crippen molar-refractivity contribution in [1.82, 2.24) is 0 Å². The summed E-state index contributed by atoms with van der Waals surface area (Å²) in [5.41, 5.74) is 4.21. The van der Waals surface area contributed by atoms with Gasteiger partial charge < -0.3 is 5.32 Å². The minimum absolute atomic E-state index is 0.184. The van der Waals surface area contributed by atoms with E-state index in [9.17, 15) is 4.79 Å². The monoisotopic (exact) mass is 296 g/mol. The Bertz CT molecular complexity index is 762. The first kappa shape index (κ1) is 13.7. The van der Waals surface area contributed by atoms with Crippen LogP contribution in [-0.4, -0.2) is 5.91 Å². The van der Waals surface area contributed by atoms with Gasteiger partial charge in [-0.05, 0) is 60.7 Å². The molecule has 2 aromatic rings. The fraction of sp³-hybridized carbons (Fsp3) is 0.176. The molecule has 0 atom stereocenters. The van der Waals surface area contributed by atoms with E-state index in [0.29, 0.717) is 21.8 Å². The molecule has 0 saturated carbocycles. The number of carbonyl (C=O) groups is 1. The Morgan fingerprint density at radius 2 is 1.95 bits per heavy atom. The van der Waals surface area contributed by atoms with Gasteiger partial charge in [-0.3, -0.25) is 4.79 Å². The van der Waals surface area contributed by atoms with Crippen LogP contribution in [0.3, 0.4) is 0 Å². The maximum atomic E-state index is 12.3. The first-order valence-corrected chi connectivity index (χ1v) is 7.18. The summed E-state index contributed by atoms with van der Waals surface area (Å²) in [4.78, 5) is 12.3. The Balaban J connectivity index is 1.82. The van der Waals surface area contributed by atoms with Gasteiger partial charge >= 0.3 is 0 Å². The second-order valence-electron chi connectivity index (χ2n) is 5.10. The normalized spacial score (nSPS) is 12.6. The van der Waals surface area contributed by atoms with E-state index in [1.165, 1.54) is 11.1 Å². The van der Waals surface area contributed by atoms with Crippen LogP contribution < -0.4 is 5.32 Å². The van der Waals surface area contributed by atoms with Gasteiger partial charge in [0.1, 0.15) is 0 Å². The zero-order valence-corrected chi connectivity index (χ0v) is 12.1. The van der Waals surface area contributed by atoms with Crippen molar-refractivity contribution < 1.29 is 4.79 Å². The van der Waals surface area contributed by atoms with Gasteiger partial charge in [0.15, 0.2) is 0 Å². The number of hydrogen-bond donors (Lipinski definition) is 1. The van der Waals surface area contributed by atoms with E-state index in [1.54, 1.807) is 18.2 Å². The van der Waals surface area contributed by atoms with Crippen LogP contribution in [0.2, 0.25) is 5.02 Å². The fourth-order valence-electron chi connectivity index (χ4n) is 2.59. The molecular formula is C17H13ClN2O. The van der Waals surface area contributed by atoms with Crippen molar-refractivity contribution >= 4 is 23.2 Å². The Hall–Kier alpha value is -2.31. The molecule has 0 heterocycles. The zero-order chi connectivity index (χ0) is 14.8. The van der Waals surface area contributed by atoms with Crippen LogP contribution in [-0.2, 0) is 12.8 Å². The van der Waals surface area contributed by atoms with Crippen LogP contribution in [0, 0.1) is 11.3 Å². The van der Waals surface area contributed by atoms with Gasteiger partial charge in [0.05, 0.1) is 22.3 Å². The number of nitrogens with one attached hydrogen (secondary N) is 1. The maximum absolute atomic E-state index is 12.3. The van der Waals surface area contributed by atoms with Gasteiger partial charge in [0, 0.05) is 5.56 Å². The molecule has 0 bridgehead atoms. The van der Waals surface area contributed by atoms with Crippen LogP contribution in [0.1, 0.15) is 33.5 Å². The van der Waals surface area contributed by atoms with Crippen LogP contribution in [0.15, 0.2) is 36.4 Å². The highest BCUT2D eigenvalue weighted by atomic mass is 35.5. The summed E-state index contributed by atoms with van der Waals surface area (Å²) < 4.78 is 0. The smallest absolute Gasteiger partial charge is 0.255 e. The first-order valence-electron chi connectivity index (χ1n) is 6.80. The predicted molar refractivity (Wildman–Crippen MR) is 82.6 cm³/mol. The highest BCUT2D eigenvalue weighted by Crippen LogP contribution is 2.25. The van der Waals surface area contributed by atoms with Crippen molar-refractivity contribution in [3.05, 3.63) is 63.7 Å². The summed E-state index contributed by atoms with van der Waals surface area (Å²) in [7, 11) is 0. The average molecular weight is 297 g/mol. The molecule has 0 spiro atoms. The number of aryl methyl sites for hydroxylation is 2. The minimum Gasteiger partial charge on any atom is -0.321 e. The third kappa shape index (κ3) is 2.76. The lowest BCUT2D eigenvalue weighted by Gasteiger charge is -2.08. The average Bonchev–Trinajstić information content (AvgIpc) is 2.96. The largest absolute Gasteiger partial charge is 0.321 e. The SMILES string of the molecule is N#Cc1ccc(NC(=O)c2ccc3c(c2)CCC3)c(Cl)c1. The number of rotatable bonds is 2. The van der Waals surface area contributed by atoms with Crippen molar-refractivity contribution in [3.8, 4) is 6.07 Å². The van der Waals surface area contributed by atoms with Gasteiger partial charge in [-0.25, -0.2) is 0 Å². The van der Waals surface area contributed by atoms with Gasteiger partial charge in [-0.1, -0.05) is 17.7 Å². The number of hydrogen-bond acceptors (Lipinski definition) is 2. The number of fused-ring (bicyclic) bond motifs is 1. The van der Waals surface area contributed by atoms with Crippen molar-refractivity contribution in [1.29, 1.82) is 5.26 Å². The summed E-state index contributed by atoms with van der Waals surface area (Å²) >= 11 is 6.07. The fourth-order valence-corrected chi connectivity index (χ4v) is 2.82. The van der Waals surface area contributed by atoms with Crippen LogP contribution in [0.5, 0.6) is 0 Å². The molecule has 0 radical (unpaired) electrons. The maximum Gasteiger partial charge on any atom is 0.255 e. The number of anilines is 1. The summed E-state index contributed by atoms with van der Waals surface area (Å²) in [5, 5.41) is 12.0. The minimum atomic E-state index is -0.184. The van der Waals surface area contributed by atoms with Gasteiger partial charge in [0.25, 0.3) is 5.91 Å². The third-order valence-electron chi connectivity index (χ3n) is 3.71. The molecule has 1 aliphatic carbocycles. The topological polar surface area (TPSA) is 52.9 Å². The van der Waals surface area contributed by atoms with E-state index < -0.39 is 0 Å². The Morgan fingerprint density at radius 1 is 1.14 bits per heavy atom. The number of nitrogens with zero attached hydrogens (tertiary/aromatic N) is 1. The molecule has 3 rings (SSSR count). The number of carbonyl (C=O) groups excluding carboxylic acids is 1. The quantitative estimate of drug-likeness (QED) is 0.912. The Labute approximate surface area is 128 Å². The van der Waals surface area contributed by atoms with E-state index in [2.05, 4.69) is 5.32 Å². The third-order valence-corrected chi connectivity index (χ3v) is 4.02. The molecule has 0 aromatic heterocycles. The molecule has 1 N–H and O–H groups in total. The van der Waals surface area contributed by atoms with E-state index in [1.807, 2.05) is 24.3 Å². The van der Waals surface area contributed by atoms with Crippen molar-refractivity contribution in [2.24, 2.45) is 0 Å². The molecule has 0 fully saturated rings. The van der Waals surface area contributed by atoms with E-state index in [-0.39, 0.29) is 5.91 Å². The first-order chi connectivity index (χ1) is 10.2.